The molecule has 0 saturated heterocycles. The number of aliphatic hydroxyl groups is 1. The van der Waals surface area contributed by atoms with E-state index in [4.69, 9.17) is 5.11 Å². The standard InChI is InChI=1S/C12H16BrNO2/c1-12(2,7-8-15)14-11(16)9-5-3-4-6-10(9)13/h3-6,15H,7-8H2,1-2H3,(H,14,16). The van der Waals surface area contributed by atoms with Crippen molar-refractivity contribution in [3.63, 3.8) is 0 Å². The van der Waals surface area contributed by atoms with Crippen molar-refractivity contribution in [1.29, 1.82) is 0 Å². The number of halogens is 1. The highest BCUT2D eigenvalue weighted by Gasteiger charge is 2.21. The lowest BCUT2D eigenvalue weighted by Gasteiger charge is -2.25. The first-order valence-electron chi connectivity index (χ1n) is 5.14. The first-order valence-corrected chi connectivity index (χ1v) is 5.93. The number of carbonyl (C=O) groups excluding carboxylic acids is 1. The smallest absolute Gasteiger partial charge is 0.252 e. The van der Waals surface area contributed by atoms with Gasteiger partial charge in [-0.1, -0.05) is 12.1 Å². The Kier molecular flexibility index (Phi) is 4.50. The summed E-state index contributed by atoms with van der Waals surface area (Å²) < 4.78 is 0.771. The lowest BCUT2D eigenvalue weighted by molar-refractivity contribution is 0.0898. The number of nitrogens with one attached hydrogen (secondary N) is 1. The van der Waals surface area contributed by atoms with Gasteiger partial charge in [0.15, 0.2) is 0 Å². The minimum atomic E-state index is -0.402. The molecule has 0 atom stereocenters. The second-order valence-electron chi connectivity index (χ2n) is 4.29. The summed E-state index contributed by atoms with van der Waals surface area (Å²) in [6.45, 7) is 3.83. The van der Waals surface area contributed by atoms with E-state index in [1.807, 2.05) is 32.0 Å². The molecule has 0 spiro atoms. The number of hydrogen-bond donors (Lipinski definition) is 2. The van der Waals surface area contributed by atoms with Gasteiger partial charge in [-0.2, -0.15) is 0 Å². The van der Waals surface area contributed by atoms with E-state index >= 15 is 0 Å². The molecule has 0 aliphatic rings. The molecule has 1 aromatic rings. The summed E-state index contributed by atoms with van der Waals surface area (Å²) in [6.07, 6.45) is 0.531. The van der Waals surface area contributed by atoms with Crippen molar-refractivity contribution in [3.05, 3.63) is 34.3 Å². The van der Waals surface area contributed by atoms with Crippen molar-refractivity contribution in [2.24, 2.45) is 0 Å². The van der Waals surface area contributed by atoms with E-state index in [1.165, 1.54) is 0 Å². The highest BCUT2D eigenvalue weighted by Crippen LogP contribution is 2.17. The second-order valence-corrected chi connectivity index (χ2v) is 5.15. The maximum absolute atomic E-state index is 11.9. The van der Waals surface area contributed by atoms with Crippen LogP contribution in [0.2, 0.25) is 0 Å². The van der Waals surface area contributed by atoms with Crippen LogP contribution in [-0.2, 0) is 0 Å². The molecule has 88 valence electrons. The van der Waals surface area contributed by atoms with Crippen LogP contribution in [-0.4, -0.2) is 23.2 Å². The summed E-state index contributed by atoms with van der Waals surface area (Å²) in [7, 11) is 0. The number of aliphatic hydroxyl groups excluding tert-OH is 1. The van der Waals surface area contributed by atoms with E-state index in [0.29, 0.717) is 12.0 Å². The maximum atomic E-state index is 11.9. The van der Waals surface area contributed by atoms with Crippen LogP contribution in [0.25, 0.3) is 0 Å². The summed E-state index contributed by atoms with van der Waals surface area (Å²) in [5, 5.41) is 11.8. The van der Waals surface area contributed by atoms with Gasteiger partial charge in [0.05, 0.1) is 5.56 Å². The number of carbonyl (C=O) groups is 1. The van der Waals surface area contributed by atoms with Gasteiger partial charge >= 0.3 is 0 Å². The molecule has 0 bridgehead atoms. The van der Waals surface area contributed by atoms with Crippen molar-refractivity contribution in [3.8, 4) is 0 Å². The molecule has 0 saturated carbocycles. The summed E-state index contributed by atoms with van der Waals surface area (Å²) in [4.78, 5) is 11.9. The first kappa shape index (κ1) is 13.2. The van der Waals surface area contributed by atoms with E-state index in [0.717, 1.165) is 4.47 Å². The van der Waals surface area contributed by atoms with E-state index < -0.39 is 5.54 Å². The van der Waals surface area contributed by atoms with Gasteiger partial charge in [0.2, 0.25) is 0 Å². The van der Waals surface area contributed by atoms with Gasteiger partial charge in [-0.15, -0.1) is 0 Å². The summed E-state index contributed by atoms with van der Waals surface area (Å²) in [5.74, 6) is -0.133. The minimum absolute atomic E-state index is 0.0588. The third-order valence-corrected chi connectivity index (χ3v) is 3.00. The Balaban J connectivity index is 2.77. The molecule has 1 rings (SSSR count). The average molecular weight is 286 g/mol. The van der Waals surface area contributed by atoms with Gasteiger partial charge in [-0.05, 0) is 48.3 Å². The summed E-state index contributed by atoms with van der Waals surface area (Å²) in [5.41, 5.74) is 0.203. The zero-order valence-corrected chi connectivity index (χ0v) is 11.0. The minimum Gasteiger partial charge on any atom is -0.396 e. The van der Waals surface area contributed by atoms with Gasteiger partial charge < -0.3 is 10.4 Å². The lowest BCUT2D eigenvalue weighted by atomic mass is 10.0. The molecule has 1 aromatic carbocycles. The monoisotopic (exact) mass is 285 g/mol. The highest BCUT2D eigenvalue weighted by atomic mass is 79.9. The van der Waals surface area contributed by atoms with Crippen molar-refractivity contribution in [1.82, 2.24) is 5.32 Å². The molecule has 0 aliphatic carbocycles. The molecule has 2 N–H and O–H groups in total. The predicted octanol–water partition coefficient (Wildman–Crippen LogP) is 2.34. The Hall–Kier alpha value is -0.870. The molecule has 1 amide bonds. The van der Waals surface area contributed by atoms with Crippen LogP contribution in [0.5, 0.6) is 0 Å². The Bertz CT molecular complexity index is 377. The quantitative estimate of drug-likeness (QED) is 0.892. The van der Waals surface area contributed by atoms with Crippen LogP contribution >= 0.6 is 15.9 Å². The van der Waals surface area contributed by atoms with Crippen LogP contribution in [0.4, 0.5) is 0 Å². The number of amides is 1. The third kappa shape index (κ3) is 3.61. The van der Waals surface area contributed by atoms with Crippen LogP contribution < -0.4 is 5.32 Å². The number of rotatable bonds is 4. The van der Waals surface area contributed by atoms with E-state index in [2.05, 4.69) is 21.2 Å². The molecular formula is C12H16BrNO2. The van der Waals surface area contributed by atoms with E-state index in [1.54, 1.807) is 6.07 Å². The van der Waals surface area contributed by atoms with Gasteiger partial charge in [0.1, 0.15) is 0 Å². The van der Waals surface area contributed by atoms with Crippen molar-refractivity contribution in [2.75, 3.05) is 6.61 Å². The molecule has 3 nitrogen and oxygen atoms in total. The Morgan fingerprint density at radius 1 is 1.44 bits per heavy atom. The van der Waals surface area contributed by atoms with Gasteiger partial charge in [-0.25, -0.2) is 0 Å². The van der Waals surface area contributed by atoms with E-state index in [9.17, 15) is 4.79 Å². The molecular weight excluding hydrogens is 270 g/mol. The normalized spacial score (nSPS) is 11.2. The molecule has 0 aliphatic heterocycles. The molecule has 4 heteroatoms. The van der Waals surface area contributed by atoms with Gasteiger partial charge in [-0.3, -0.25) is 4.79 Å². The zero-order chi connectivity index (χ0) is 12.2. The summed E-state index contributed by atoms with van der Waals surface area (Å²) >= 11 is 3.33. The fourth-order valence-electron chi connectivity index (χ4n) is 1.36. The van der Waals surface area contributed by atoms with Crippen molar-refractivity contribution < 1.29 is 9.90 Å². The Morgan fingerprint density at radius 2 is 2.06 bits per heavy atom. The molecule has 0 heterocycles. The van der Waals surface area contributed by atoms with E-state index in [-0.39, 0.29) is 12.5 Å². The zero-order valence-electron chi connectivity index (χ0n) is 9.46. The molecule has 0 aromatic heterocycles. The fourth-order valence-corrected chi connectivity index (χ4v) is 1.83. The van der Waals surface area contributed by atoms with Crippen LogP contribution in [0.15, 0.2) is 28.7 Å². The number of benzene rings is 1. The lowest BCUT2D eigenvalue weighted by Crippen LogP contribution is -2.44. The van der Waals surface area contributed by atoms with Crippen LogP contribution in [0.1, 0.15) is 30.6 Å². The SMILES string of the molecule is CC(C)(CCO)NC(=O)c1ccccc1Br. The second kappa shape index (κ2) is 5.46. The first-order chi connectivity index (χ1) is 7.46. The molecule has 0 unspecified atom stereocenters. The Labute approximate surface area is 104 Å². The average Bonchev–Trinajstić information content (AvgIpc) is 2.17. The van der Waals surface area contributed by atoms with Crippen LogP contribution in [0.3, 0.4) is 0 Å². The van der Waals surface area contributed by atoms with Crippen molar-refractivity contribution in [2.45, 2.75) is 25.8 Å². The van der Waals surface area contributed by atoms with Crippen LogP contribution in [0, 0.1) is 0 Å². The highest BCUT2D eigenvalue weighted by molar-refractivity contribution is 9.10. The molecule has 0 fully saturated rings. The summed E-state index contributed by atoms with van der Waals surface area (Å²) in [6, 6.07) is 7.26. The molecule has 16 heavy (non-hydrogen) atoms. The topological polar surface area (TPSA) is 49.3 Å². The predicted molar refractivity (Wildman–Crippen MR) is 67.4 cm³/mol. The largest absolute Gasteiger partial charge is 0.396 e. The Morgan fingerprint density at radius 3 is 2.62 bits per heavy atom. The van der Waals surface area contributed by atoms with Gasteiger partial charge in [0.25, 0.3) is 5.91 Å². The fraction of sp³-hybridized carbons (Fsp3) is 0.417. The molecule has 0 radical (unpaired) electrons. The van der Waals surface area contributed by atoms with Crippen molar-refractivity contribution >= 4 is 21.8 Å². The number of hydrogen-bond acceptors (Lipinski definition) is 2. The van der Waals surface area contributed by atoms with Gasteiger partial charge in [0, 0.05) is 16.6 Å². The maximum Gasteiger partial charge on any atom is 0.252 e. The third-order valence-electron chi connectivity index (χ3n) is 2.31.